The smallest absolute Gasteiger partial charge is 0.261 e. The maximum atomic E-state index is 14.8. The van der Waals surface area contributed by atoms with Gasteiger partial charge in [-0.05, 0) is 49.2 Å². The van der Waals surface area contributed by atoms with Gasteiger partial charge < -0.3 is 14.9 Å². The van der Waals surface area contributed by atoms with E-state index in [1.165, 1.54) is 22.8 Å². The summed E-state index contributed by atoms with van der Waals surface area (Å²) in [5.41, 5.74) is 0.867. The lowest BCUT2D eigenvalue weighted by Crippen LogP contribution is -2.38. The molecule has 8 heteroatoms. The summed E-state index contributed by atoms with van der Waals surface area (Å²) in [7, 11) is 0. The number of nitrogens with zero attached hydrogens (tertiary/aromatic N) is 4. The van der Waals surface area contributed by atoms with Crippen molar-refractivity contribution >= 4 is 28.2 Å². The summed E-state index contributed by atoms with van der Waals surface area (Å²) in [6.07, 6.45) is 2.25. The van der Waals surface area contributed by atoms with E-state index in [-0.39, 0.29) is 30.1 Å². The molecule has 0 saturated carbocycles. The molecule has 3 saturated heterocycles. The molecule has 0 spiro atoms. The Kier molecular flexibility index (Phi) is 6.12. The number of fused-ring (bicyclic) bond motifs is 5. The first kappa shape index (κ1) is 23.3. The Balaban J connectivity index is 1.68. The fraction of sp³-hybridized carbons (Fsp3) is 0.462. The molecule has 1 N–H and O–H groups in total. The molecule has 3 aromatic rings. The highest BCUT2D eigenvalue weighted by atomic mass is 35.5. The van der Waals surface area contributed by atoms with Crippen molar-refractivity contribution in [2.45, 2.75) is 39.3 Å². The molecule has 0 amide bonds. The van der Waals surface area contributed by atoms with Crippen LogP contribution in [0.5, 0.6) is 0 Å². The van der Waals surface area contributed by atoms with Gasteiger partial charge in [0.2, 0.25) is 0 Å². The second-order valence-corrected chi connectivity index (χ2v) is 10.7. The largest absolute Gasteiger partial charge is 0.396 e. The molecule has 34 heavy (non-hydrogen) atoms. The average molecular weight is 485 g/mol. The first-order chi connectivity index (χ1) is 16.3. The van der Waals surface area contributed by atoms with Crippen LogP contribution in [0.3, 0.4) is 0 Å². The monoisotopic (exact) mass is 484 g/mol. The lowest BCUT2D eigenvalue weighted by atomic mass is 9.94. The quantitative estimate of drug-likeness (QED) is 0.589. The molecule has 6 rings (SSSR count). The second-order valence-electron chi connectivity index (χ2n) is 10.2. The van der Waals surface area contributed by atoms with Crippen molar-refractivity contribution in [1.82, 2.24) is 14.5 Å². The summed E-state index contributed by atoms with van der Waals surface area (Å²) in [6.45, 7) is 7.99. The first-order valence-electron chi connectivity index (χ1n) is 11.9. The van der Waals surface area contributed by atoms with E-state index < -0.39 is 11.2 Å². The van der Waals surface area contributed by atoms with Gasteiger partial charge in [0, 0.05) is 61.5 Å². The second kappa shape index (κ2) is 8.95. The van der Waals surface area contributed by atoms with Crippen molar-refractivity contribution in [3.05, 3.63) is 57.6 Å². The molecule has 0 atom stereocenters. The van der Waals surface area contributed by atoms with Crippen molar-refractivity contribution in [2.75, 3.05) is 37.7 Å². The highest BCUT2D eigenvalue weighted by molar-refractivity contribution is 6.30. The van der Waals surface area contributed by atoms with Crippen LogP contribution in [0.1, 0.15) is 26.7 Å². The zero-order chi connectivity index (χ0) is 24.0. The van der Waals surface area contributed by atoms with Gasteiger partial charge >= 0.3 is 0 Å². The third-order valence-corrected chi connectivity index (χ3v) is 7.34. The van der Waals surface area contributed by atoms with Crippen molar-refractivity contribution < 1.29 is 9.50 Å². The van der Waals surface area contributed by atoms with Crippen LogP contribution in [0.2, 0.25) is 5.02 Å². The van der Waals surface area contributed by atoms with E-state index in [9.17, 15) is 14.3 Å². The van der Waals surface area contributed by atoms with Gasteiger partial charge in [-0.1, -0.05) is 25.4 Å². The van der Waals surface area contributed by atoms with Crippen LogP contribution in [0.15, 0.2) is 41.2 Å². The van der Waals surface area contributed by atoms with Crippen molar-refractivity contribution in [3.63, 3.8) is 0 Å². The summed E-state index contributed by atoms with van der Waals surface area (Å²) in [6, 6.07) is 10.5. The highest BCUT2D eigenvalue weighted by Gasteiger charge is 2.30. The minimum Gasteiger partial charge on any atom is -0.396 e. The topological polar surface area (TPSA) is 61.6 Å². The molecule has 3 aliphatic heterocycles. The highest BCUT2D eigenvalue weighted by Crippen LogP contribution is 2.31. The maximum absolute atomic E-state index is 14.8. The molecule has 2 bridgehead atoms. The van der Waals surface area contributed by atoms with E-state index in [0.29, 0.717) is 22.0 Å². The molecule has 2 aromatic carbocycles. The van der Waals surface area contributed by atoms with E-state index in [2.05, 4.69) is 9.80 Å². The van der Waals surface area contributed by atoms with E-state index in [0.717, 1.165) is 44.7 Å². The van der Waals surface area contributed by atoms with Gasteiger partial charge in [0.25, 0.3) is 5.56 Å². The fourth-order valence-electron chi connectivity index (χ4n) is 5.11. The Bertz CT molecular complexity index is 1280. The predicted molar refractivity (Wildman–Crippen MR) is 134 cm³/mol. The lowest BCUT2D eigenvalue weighted by Gasteiger charge is -2.33. The third-order valence-electron chi connectivity index (χ3n) is 7.11. The molecule has 180 valence electrons. The summed E-state index contributed by atoms with van der Waals surface area (Å²) >= 11 is 6.16. The zero-order valence-corrected chi connectivity index (χ0v) is 20.4. The molecular formula is C26H30ClFN4O2. The van der Waals surface area contributed by atoms with E-state index in [1.54, 1.807) is 0 Å². The predicted octanol–water partition coefficient (Wildman–Crippen LogP) is 4.16. The number of piperidine rings is 1. The Morgan fingerprint density at radius 3 is 2.62 bits per heavy atom. The van der Waals surface area contributed by atoms with Crippen LogP contribution < -0.4 is 10.5 Å². The number of rotatable bonds is 5. The Hall–Kier alpha value is -2.48. The minimum atomic E-state index is -0.599. The van der Waals surface area contributed by atoms with Gasteiger partial charge in [-0.2, -0.15) is 0 Å². The molecular weight excluding hydrogens is 455 g/mol. The molecule has 1 aromatic heterocycles. The fourth-order valence-corrected chi connectivity index (χ4v) is 5.29. The van der Waals surface area contributed by atoms with Crippen LogP contribution >= 0.6 is 11.6 Å². The molecule has 6 nitrogen and oxygen atoms in total. The molecule has 3 fully saturated rings. The Morgan fingerprint density at radius 1 is 1.12 bits per heavy atom. The van der Waals surface area contributed by atoms with Gasteiger partial charge in [0.1, 0.15) is 11.6 Å². The van der Waals surface area contributed by atoms with E-state index >= 15 is 0 Å². The van der Waals surface area contributed by atoms with Gasteiger partial charge in [-0.3, -0.25) is 9.36 Å². The maximum Gasteiger partial charge on any atom is 0.261 e. The normalized spacial score (nSPS) is 20.7. The summed E-state index contributed by atoms with van der Waals surface area (Å²) < 4.78 is 16.3. The molecule has 0 radical (unpaired) electrons. The zero-order valence-electron chi connectivity index (χ0n) is 19.6. The molecule has 0 unspecified atom stereocenters. The molecule has 3 aliphatic rings. The average Bonchev–Trinajstić information content (AvgIpc) is 3.16. The summed E-state index contributed by atoms with van der Waals surface area (Å²) in [4.78, 5) is 23.5. The van der Waals surface area contributed by atoms with Crippen LogP contribution in [0.4, 0.5) is 10.1 Å². The SMILES string of the molecule is CC(C)(CO)Cn1c(-c2cc(Cl)ccc2F)nc2ccc(N3CCN4CCC3CC4)cc2c1=O. The number of benzene rings is 2. The van der Waals surface area contributed by atoms with Gasteiger partial charge in [-0.25, -0.2) is 9.37 Å². The van der Waals surface area contributed by atoms with Crippen LogP contribution in [-0.4, -0.2) is 58.4 Å². The molecule has 0 aliphatic carbocycles. The van der Waals surface area contributed by atoms with Crippen LogP contribution in [0.25, 0.3) is 22.3 Å². The summed E-state index contributed by atoms with van der Waals surface area (Å²) in [5.74, 6) is -0.286. The van der Waals surface area contributed by atoms with Crippen LogP contribution in [0, 0.1) is 11.2 Å². The number of hydrogen-bond donors (Lipinski definition) is 1. The van der Waals surface area contributed by atoms with E-state index in [4.69, 9.17) is 16.6 Å². The Morgan fingerprint density at radius 2 is 1.88 bits per heavy atom. The van der Waals surface area contributed by atoms with Gasteiger partial charge in [0.05, 0.1) is 16.5 Å². The van der Waals surface area contributed by atoms with Gasteiger partial charge in [-0.15, -0.1) is 0 Å². The van der Waals surface area contributed by atoms with Crippen molar-refractivity contribution in [2.24, 2.45) is 5.41 Å². The number of halogens is 2. The Labute approximate surface area is 203 Å². The standard InChI is InChI=1S/C26H30ClFN4O2/c1-26(2,16-33)15-32-24(20-13-17(27)3-5-22(20)28)29-23-6-4-19(14-21(23)25(32)34)31-12-11-30-9-7-18(31)8-10-30/h3-6,13-14,18,33H,7-12,15-16H2,1-2H3. The minimum absolute atomic E-state index is 0.124. The van der Waals surface area contributed by atoms with E-state index in [1.807, 2.05) is 32.0 Å². The lowest BCUT2D eigenvalue weighted by molar-refractivity contribution is 0.140. The number of hydrogen-bond acceptors (Lipinski definition) is 5. The number of anilines is 1. The third kappa shape index (κ3) is 4.32. The van der Waals surface area contributed by atoms with Crippen molar-refractivity contribution in [3.8, 4) is 11.4 Å². The first-order valence-corrected chi connectivity index (χ1v) is 12.2. The van der Waals surface area contributed by atoms with Crippen molar-refractivity contribution in [1.29, 1.82) is 0 Å². The van der Waals surface area contributed by atoms with Crippen LogP contribution in [-0.2, 0) is 6.54 Å². The number of aliphatic hydroxyl groups excluding tert-OH is 1. The van der Waals surface area contributed by atoms with Gasteiger partial charge in [0.15, 0.2) is 0 Å². The molecule has 4 heterocycles. The summed E-state index contributed by atoms with van der Waals surface area (Å²) in [5, 5.41) is 10.7. The number of aliphatic hydroxyl groups is 1. The number of aromatic nitrogens is 2.